The second-order valence-electron chi connectivity index (χ2n) is 4.75. The number of rotatable bonds is 12. The summed E-state index contributed by atoms with van der Waals surface area (Å²) in [7, 11) is 0. The molecule has 0 aliphatic rings. The molecule has 0 aliphatic carbocycles. The van der Waals surface area contributed by atoms with Gasteiger partial charge in [0.25, 0.3) is 5.09 Å². The van der Waals surface area contributed by atoms with Crippen LogP contribution in [0.5, 0.6) is 5.75 Å². The smallest absolute Gasteiger partial charge is 0.330 e. The van der Waals surface area contributed by atoms with Crippen LogP contribution in [0.3, 0.4) is 0 Å². The number of esters is 2. The van der Waals surface area contributed by atoms with E-state index in [1.807, 2.05) is 0 Å². The van der Waals surface area contributed by atoms with Gasteiger partial charge < -0.3 is 19.6 Å². The average Bonchev–Trinajstić information content (AvgIpc) is 2.58. The van der Waals surface area contributed by atoms with E-state index in [2.05, 4.69) is 10.2 Å². The normalized spacial score (nSPS) is 9.76. The van der Waals surface area contributed by atoms with E-state index in [-0.39, 0.29) is 32.6 Å². The van der Waals surface area contributed by atoms with E-state index in [9.17, 15) is 24.5 Å². The van der Waals surface area contributed by atoms with Crippen molar-refractivity contribution in [3.05, 3.63) is 39.9 Å². The van der Waals surface area contributed by atoms with E-state index in [1.54, 1.807) is 24.3 Å². The topological polar surface area (TPSA) is 134 Å². The lowest BCUT2D eigenvalue weighted by Crippen LogP contribution is -2.25. The first-order valence-electron chi connectivity index (χ1n) is 7.41. The molecule has 25 heavy (non-hydrogen) atoms. The van der Waals surface area contributed by atoms with Gasteiger partial charge in [0.05, 0.1) is 13.2 Å². The van der Waals surface area contributed by atoms with Gasteiger partial charge >= 0.3 is 11.9 Å². The minimum atomic E-state index is -0.912. The Kier molecular flexibility index (Phi) is 9.05. The fraction of sp³-hybridized carbons (Fsp3) is 0.400. The zero-order valence-electron chi connectivity index (χ0n) is 13.3. The number of benzene rings is 1. The van der Waals surface area contributed by atoms with Crippen LogP contribution in [0.2, 0.25) is 0 Å². The van der Waals surface area contributed by atoms with Crippen LogP contribution in [0, 0.1) is 10.1 Å². The summed E-state index contributed by atoms with van der Waals surface area (Å²) in [5, 5.41) is 11.2. The molecule has 0 atom stereocenters. The van der Waals surface area contributed by atoms with Gasteiger partial charge in [0.2, 0.25) is 6.41 Å². The molecule has 1 aromatic rings. The molecule has 10 heteroatoms. The molecule has 0 saturated carbocycles. The fourth-order valence-electron chi connectivity index (χ4n) is 1.73. The van der Waals surface area contributed by atoms with E-state index >= 15 is 0 Å². The first-order chi connectivity index (χ1) is 12.0. The number of nitrogens with zero attached hydrogens (tertiary/aromatic N) is 1. The summed E-state index contributed by atoms with van der Waals surface area (Å²) in [5.41, 5.74) is 0.871. The molecule has 10 nitrogen and oxygen atoms in total. The summed E-state index contributed by atoms with van der Waals surface area (Å²) >= 11 is 0. The third-order valence-corrected chi connectivity index (χ3v) is 2.86. The Morgan fingerprint density at radius 3 is 2.52 bits per heavy atom. The van der Waals surface area contributed by atoms with Crippen LogP contribution in [0.15, 0.2) is 24.3 Å². The van der Waals surface area contributed by atoms with Crippen molar-refractivity contribution in [2.24, 2.45) is 0 Å². The second kappa shape index (κ2) is 11.4. The Hall–Kier alpha value is -3.17. The first kappa shape index (κ1) is 19.9. The number of carbonyl (C=O) groups is 3. The molecule has 0 bridgehead atoms. The standard InChI is InChI=1S/C15H18N2O8/c18-11-16-10-15(20)25-13-5-3-12(4-6-13)7-9-23-14(19)2-1-8-24-17(21)22/h3-6,11H,1-2,7-10H2,(H,16,18). The lowest BCUT2D eigenvalue weighted by atomic mass is 10.1. The summed E-state index contributed by atoms with van der Waals surface area (Å²) in [5.74, 6) is -0.709. The maximum atomic E-state index is 11.4. The van der Waals surface area contributed by atoms with Crippen LogP contribution in [0.4, 0.5) is 0 Å². The van der Waals surface area contributed by atoms with Crippen molar-refractivity contribution in [2.75, 3.05) is 19.8 Å². The third-order valence-electron chi connectivity index (χ3n) is 2.86. The summed E-state index contributed by atoms with van der Waals surface area (Å²) in [6.07, 6.45) is 1.12. The molecule has 1 rings (SSSR count). The van der Waals surface area contributed by atoms with Crippen LogP contribution >= 0.6 is 0 Å². The van der Waals surface area contributed by atoms with Crippen LogP contribution in [0.25, 0.3) is 0 Å². The number of hydrogen-bond donors (Lipinski definition) is 1. The molecule has 0 unspecified atom stereocenters. The molecule has 0 radical (unpaired) electrons. The predicted molar refractivity (Wildman–Crippen MR) is 83.0 cm³/mol. The van der Waals surface area contributed by atoms with E-state index in [0.29, 0.717) is 18.6 Å². The quantitative estimate of drug-likeness (QED) is 0.142. The van der Waals surface area contributed by atoms with Gasteiger partial charge in [-0.05, 0) is 24.1 Å². The van der Waals surface area contributed by atoms with Gasteiger partial charge in [-0.1, -0.05) is 12.1 Å². The molecule has 0 aromatic heterocycles. The van der Waals surface area contributed by atoms with E-state index in [1.165, 1.54) is 0 Å². The van der Waals surface area contributed by atoms with Crippen LogP contribution in [0.1, 0.15) is 18.4 Å². The van der Waals surface area contributed by atoms with Crippen molar-refractivity contribution in [3.8, 4) is 5.75 Å². The van der Waals surface area contributed by atoms with Gasteiger partial charge in [-0.3, -0.25) is 9.59 Å². The lowest BCUT2D eigenvalue weighted by molar-refractivity contribution is -0.757. The molecular weight excluding hydrogens is 336 g/mol. The zero-order chi connectivity index (χ0) is 18.5. The molecule has 1 N–H and O–H groups in total. The van der Waals surface area contributed by atoms with Gasteiger partial charge in [0.1, 0.15) is 12.3 Å². The summed E-state index contributed by atoms with van der Waals surface area (Å²) < 4.78 is 9.98. The van der Waals surface area contributed by atoms with Crippen molar-refractivity contribution >= 4 is 18.3 Å². The Morgan fingerprint density at radius 1 is 1.16 bits per heavy atom. The highest BCUT2D eigenvalue weighted by molar-refractivity contribution is 5.76. The van der Waals surface area contributed by atoms with Gasteiger partial charge in [0, 0.05) is 12.8 Å². The Bertz CT molecular complexity index is 588. The third kappa shape index (κ3) is 9.54. The van der Waals surface area contributed by atoms with E-state index in [0.717, 1.165) is 5.56 Å². The number of ether oxygens (including phenoxy) is 2. The second-order valence-corrected chi connectivity index (χ2v) is 4.75. The zero-order valence-corrected chi connectivity index (χ0v) is 13.3. The highest BCUT2D eigenvalue weighted by Crippen LogP contribution is 2.13. The van der Waals surface area contributed by atoms with E-state index in [4.69, 9.17) is 9.47 Å². The SMILES string of the molecule is O=CNCC(=O)Oc1ccc(CCOC(=O)CCCO[N+](=O)[O-])cc1. The van der Waals surface area contributed by atoms with Crippen molar-refractivity contribution < 1.29 is 33.8 Å². The average molecular weight is 354 g/mol. The fourth-order valence-corrected chi connectivity index (χ4v) is 1.73. The summed E-state index contributed by atoms with van der Waals surface area (Å²) in [4.78, 5) is 46.8. The van der Waals surface area contributed by atoms with Gasteiger partial charge in [-0.15, -0.1) is 10.1 Å². The number of nitrogens with one attached hydrogen (secondary N) is 1. The van der Waals surface area contributed by atoms with Crippen LogP contribution in [-0.2, 0) is 30.4 Å². The number of hydrogen-bond acceptors (Lipinski definition) is 8. The van der Waals surface area contributed by atoms with Crippen molar-refractivity contribution in [3.63, 3.8) is 0 Å². The molecule has 0 spiro atoms. The van der Waals surface area contributed by atoms with Crippen LogP contribution < -0.4 is 10.1 Å². The highest BCUT2D eigenvalue weighted by Gasteiger charge is 2.06. The maximum absolute atomic E-state index is 11.4. The minimum Gasteiger partial charge on any atom is -0.465 e. The summed E-state index contributed by atoms with van der Waals surface area (Å²) in [6.45, 7) is -0.199. The van der Waals surface area contributed by atoms with Crippen molar-refractivity contribution in [2.45, 2.75) is 19.3 Å². The van der Waals surface area contributed by atoms with Gasteiger partial charge in [0.15, 0.2) is 0 Å². The van der Waals surface area contributed by atoms with Crippen molar-refractivity contribution in [1.82, 2.24) is 5.32 Å². The first-order valence-corrected chi connectivity index (χ1v) is 7.41. The molecule has 0 fully saturated rings. The molecular formula is C15H18N2O8. The van der Waals surface area contributed by atoms with E-state index < -0.39 is 17.0 Å². The van der Waals surface area contributed by atoms with Gasteiger partial charge in [-0.25, -0.2) is 4.79 Å². The summed E-state index contributed by atoms with van der Waals surface area (Å²) in [6, 6.07) is 6.61. The molecule has 0 aliphatic heterocycles. The van der Waals surface area contributed by atoms with Gasteiger partial charge in [-0.2, -0.15) is 0 Å². The van der Waals surface area contributed by atoms with Crippen molar-refractivity contribution in [1.29, 1.82) is 0 Å². The Morgan fingerprint density at radius 2 is 1.88 bits per heavy atom. The maximum Gasteiger partial charge on any atom is 0.330 e. The minimum absolute atomic E-state index is 0.0392. The lowest BCUT2D eigenvalue weighted by Gasteiger charge is -2.07. The molecule has 0 saturated heterocycles. The number of amides is 1. The monoisotopic (exact) mass is 354 g/mol. The predicted octanol–water partition coefficient (Wildman–Crippen LogP) is 0.412. The largest absolute Gasteiger partial charge is 0.465 e. The Labute approximate surface area is 143 Å². The highest BCUT2D eigenvalue weighted by atomic mass is 16.9. The van der Waals surface area contributed by atoms with Crippen LogP contribution in [-0.4, -0.2) is 43.2 Å². The molecule has 1 aromatic carbocycles. The number of carbonyl (C=O) groups excluding carboxylic acids is 3. The Balaban J connectivity index is 2.22. The molecule has 136 valence electrons. The molecule has 1 amide bonds. The molecule has 0 heterocycles.